The van der Waals surface area contributed by atoms with Gasteiger partial charge >= 0.3 is 0 Å². The second-order valence-electron chi connectivity index (χ2n) is 7.20. The number of ether oxygens (including phenoxy) is 1. The lowest BCUT2D eigenvalue weighted by atomic mass is 9.91. The Morgan fingerprint density at radius 2 is 2.25 bits per heavy atom. The molecule has 0 spiro atoms. The lowest BCUT2D eigenvalue weighted by Crippen LogP contribution is -2.31. The summed E-state index contributed by atoms with van der Waals surface area (Å²) < 4.78 is 5.61. The van der Waals surface area contributed by atoms with Crippen molar-refractivity contribution in [2.24, 2.45) is 5.41 Å². The van der Waals surface area contributed by atoms with Crippen molar-refractivity contribution >= 4 is 0 Å². The van der Waals surface area contributed by atoms with Gasteiger partial charge in [0.2, 0.25) is 0 Å². The minimum atomic E-state index is 0.486. The highest BCUT2D eigenvalue weighted by molar-refractivity contribution is 5.40. The first-order valence-electron chi connectivity index (χ1n) is 8.09. The first kappa shape index (κ1) is 13.9. The van der Waals surface area contributed by atoms with E-state index in [1.165, 1.54) is 30.4 Å². The standard InChI is InChI=1S/C18H27NO/c1-4-16(19-15-7-9-18(2,3)12-15)13-5-6-17-14(11-13)8-10-20-17/h5-6,11,15-16,19H,4,7-10,12H2,1-3H3. The molecule has 1 aromatic rings. The molecule has 2 heteroatoms. The fourth-order valence-electron chi connectivity index (χ4n) is 3.74. The maximum absolute atomic E-state index is 5.61. The SMILES string of the molecule is CCC(NC1CCC(C)(C)C1)c1ccc2c(c1)CCO2. The average Bonchev–Trinajstić information content (AvgIpc) is 3.01. The lowest BCUT2D eigenvalue weighted by molar-refractivity contribution is 0.350. The maximum atomic E-state index is 5.61. The molecular weight excluding hydrogens is 246 g/mol. The van der Waals surface area contributed by atoms with Crippen molar-refractivity contribution in [3.05, 3.63) is 29.3 Å². The van der Waals surface area contributed by atoms with Crippen LogP contribution in [0.5, 0.6) is 5.75 Å². The van der Waals surface area contributed by atoms with E-state index >= 15 is 0 Å². The van der Waals surface area contributed by atoms with Crippen LogP contribution in [-0.4, -0.2) is 12.6 Å². The highest BCUT2D eigenvalue weighted by Gasteiger charge is 2.32. The Balaban J connectivity index is 1.70. The van der Waals surface area contributed by atoms with E-state index in [4.69, 9.17) is 4.74 Å². The normalized spacial score (nSPS) is 25.2. The summed E-state index contributed by atoms with van der Waals surface area (Å²) in [5.74, 6) is 1.09. The van der Waals surface area contributed by atoms with Gasteiger partial charge in [0.15, 0.2) is 0 Å². The molecule has 1 aliphatic carbocycles. The molecule has 2 aliphatic rings. The fourth-order valence-corrected chi connectivity index (χ4v) is 3.74. The number of benzene rings is 1. The Bertz CT molecular complexity index is 480. The molecule has 1 aromatic carbocycles. The van der Waals surface area contributed by atoms with Crippen LogP contribution in [0.1, 0.15) is 63.6 Å². The molecule has 0 radical (unpaired) electrons. The van der Waals surface area contributed by atoms with E-state index in [1.807, 2.05) is 0 Å². The van der Waals surface area contributed by atoms with Gasteiger partial charge in [-0.3, -0.25) is 0 Å². The monoisotopic (exact) mass is 273 g/mol. The third-order valence-corrected chi connectivity index (χ3v) is 4.93. The van der Waals surface area contributed by atoms with E-state index in [2.05, 4.69) is 44.3 Å². The summed E-state index contributed by atoms with van der Waals surface area (Å²) in [7, 11) is 0. The zero-order valence-corrected chi connectivity index (χ0v) is 13.0. The van der Waals surface area contributed by atoms with Gasteiger partial charge in [-0.25, -0.2) is 0 Å². The summed E-state index contributed by atoms with van der Waals surface area (Å²) in [6.07, 6.45) is 6.18. The highest BCUT2D eigenvalue weighted by atomic mass is 16.5. The zero-order valence-electron chi connectivity index (χ0n) is 13.0. The third kappa shape index (κ3) is 2.85. The van der Waals surface area contributed by atoms with Gasteiger partial charge in [0.25, 0.3) is 0 Å². The quantitative estimate of drug-likeness (QED) is 0.886. The van der Waals surface area contributed by atoms with Crippen LogP contribution >= 0.6 is 0 Å². The van der Waals surface area contributed by atoms with Crippen molar-refractivity contribution in [1.29, 1.82) is 0 Å². The Morgan fingerprint density at radius 1 is 1.40 bits per heavy atom. The average molecular weight is 273 g/mol. The van der Waals surface area contributed by atoms with Gasteiger partial charge < -0.3 is 10.1 Å². The van der Waals surface area contributed by atoms with Crippen LogP contribution in [0.25, 0.3) is 0 Å². The first-order chi connectivity index (χ1) is 9.57. The summed E-state index contributed by atoms with van der Waals surface area (Å²) in [6, 6.07) is 7.91. The van der Waals surface area contributed by atoms with E-state index in [0.717, 1.165) is 25.2 Å². The smallest absolute Gasteiger partial charge is 0.122 e. The van der Waals surface area contributed by atoms with Crippen molar-refractivity contribution in [1.82, 2.24) is 5.32 Å². The van der Waals surface area contributed by atoms with Gasteiger partial charge in [-0.15, -0.1) is 0 Å². The minimum Gasteiger partial charge on any atom is -0.493 e. The van der Waals surface area contributed by atoms with E-state index < -0.39 is 0 Å². The largest absolute Gasteiger partial charge is 0.493 e. The van der Waals surface area contributed by atoms with Crippen molar-refractivity contribution in [3.63, 3.8) is 0 Å². The molecule has 2 atom stereocenters. The van der Waals surface area contributed by atoms with Crippen molar-refractivity contribution < 1.29 is 4.74 Å². The van der Waals surface area contributed by atoms with Crippen LogP contribution in [0.15, 0.2) is 18.2 Å². The highest BCUT2D eigenvalue weighted by Crippen LogP contribution is 2.38. The first-order valence-corrected chi connectivity index (χ1v) is 8.09. The van der Waals surface area contributed by atoms with Crippen LogP contribution < -0.4 is 10.1 Å². The molecule has 0 saturated heterocycles. The van der Waals surface area contributed by atoms with Gasteiger partial charge in [-0.1, -0.05) is 32.9 Å². The predicted molar refractivity (Wildman–Crippen MR) is 83.2 cm³/mol. The van der Waals surface area contributed by atoms with Crippen LogP contribution in [0.3, 0.4) is 0 Å². The van der Waals surface area contributed by atoms with E-state index in [-0.39, 0.29) is 0 Å². The van der Waals surface area contributed by atoms with E-state index in [1.54, 1.807) is 0 Å². The molecule has 0 amide bonds. The maximum Gasteiger partial charge on any atom is 0.122 e. The lowest BCUT2D eigenvalue weighted by Gasteiger charge is -2.24. The molecule has 0 bridgehead atoms. The number of hydrogen-bond donors (Lipinski definition) is 1. The summed E-state index contributed by atoms with van der Waals surface area (Å²) in [5.41, 5.74) is 3.33. The van der Waals surface area contributed by atoms with Gasteiger partial charge in [0, 0.05) is 18.5 Å². The van der Waals surface area contributed by atoms with Crippen LogP contribution in [0.4, 0.5) is 0 Å². The Morgan fingerprint density at radius 3 is 2.95 bits per heavy atom. The fraction of sp³-hybridized carbons (Fsp3) is 0.667. The Hall–Kier alpha value is -1.02. The summed E-state index contributed by atoms with van der Waals surface area (Å²) >= 11 is 0. The van der Waals surface area contributed by atoms with Crippen molar-refractivity contribution in [2.75, 3.05) is 6.61 Å². The Labute approximate surface area is 122 Å². The molecule has 1 aliphatic heterocycles. The number of fused-ring (bicyclic) bond motifs is 1. The zero-order chi connectivity index (χ0) is 14.2. The van der Waals surface area contributed by atoms with Crippen LogP contribution in [0.2, 0.25) is 0 Å². The van der Waals surface area contributed by atoms with Gasteiger partial charge in [-0.05, 0) is 48.3 Å². The molecule has 2 unspecified atom stereocenters. The van der Waals surface area contributed by atoms with Crippen LogP contribution in [0, 0.1) is 5.41 Å². The molecule has 0 aromatic heterocycles. The molecule has 1 fully saturated rings. The molecule has 110 valence electrons. The van der Waals surface area contributed by atoms with Gasteiger partial charge in [-0.2, -0.15) is 0 Å². The topological polar surface area (TPSA) is 21.3 Å². The van der Waals surface area contributed by atoms with Crippen molar-refractivity contribution in [3.8, 4) is 5.75 Å². The third-order valence-electron chi connectivity index (χ3n) is 4.93. The van der Waals surface area contributed by atoms with E-state index in [0.29, 0.717) is 17.5 Å². The van der Waals surface area contributed by atoms with E-state index in [9.17, 15) is 0 Å². The van der Waals surface area contributed by atoms with Gasteiger partial charge in [0.05, 0.1) is 6.61 Å². The second-order valence-corrected chi connectivity index (χ2v) is 7.20. The number of hydrogen-bond acceptors (Lipinski definition) is 2. The molecule has 1 saturated carbocycles. The Kier molecular flexibility index (Phi) is 3.76. The summed E-state index contributed by atoms with van der Waals surface area (Å²) in [6.45, 7) is 7.91. The molecule has 20 heavy (non-hydrogen) atoms. The number of rotatable bonds is 4. The molecule has 2 nitrogen and oxygen atoms in total. The molecule has 1 heterocycles. The number of nitrogens with one attached hydrogen (secondary N) is 1. The molecule has 1 N–H and O–H groups in total. The summed E-state index contributed by atoms with van der Waals surface area (Å²) in [4.78, 5) is 0. The summed E-state index contributed by atoms with van der Waals surface area (Å²) in [5, 5.41) is 3.89. The second kappa shape index (κ2) is 5.40. The van der Waals surface area contributed by atoms with Crippen molar-refractivity contribution in [2.45, 2.75) is 65.0 Å². The van der Waals surface area contributed by atoms with Gasteiger partial charge in [0.1, 0.15) is 5.75 Å². The minimum absolute atomic E-state index is 0.486. The molecular formula is C18H27NO. The predicted octanol–water partition coefficient (Wildman–Crippen LogP) is 4.24. The molecule has 3 rings (SSSR count). The van der Waals surface area contributed by atoms with Crippen LogP contribution in [-0.2, 0) is 6.42 Å².